The van der Waals surface area contributed by atoms with Gasteiger partial charge in [0.1, 0.15) is 0 Å². The fourth-order valence-electron chi connectivity index (χ4n) is 4.51. The van der Waals surface area contributed by atoms with Gasteiger partial charge < -0.3 is 19.9 Å². The number of fused-ring (bicyclic) bond motifs is 1. The minimum Gasteiger partial charge on any atom is -0.378 e. The minimum absolute atomic E-state index is 0.541. The number of aromatic amines is 1. The maximum atomic E-state index is 6.23. The maximum Gasteiger partial charge on any atom is 0.227 e. The summed E-state index contributed by atoms with van der Waals surface area (Å²) in [6, 6.07) is 22.0. The third-order valence-electron chi connectivity index (χ3n) is 6.31. The standard InChI is InChI=1S/C28H23Cl2N5O/c29-20-13-19(14-21(30)16-20)18-1-6-26-24(15-18)25(17-32-26)27-7-8-31-28(34-27)33-22-2-4-23(5-3-22)35-9-11-36-12-10-35/h1-8,13-17,32H,9-12H2,(H,31,33,34). The van der Waals surface area contributed by atoms with E-state index in [-0.39, 0.29) is 0 Å². The summed E-state index contributed by atoms with van der Waals surface area (Å²) in [6.07, 6.45) is 3.74. The fraction of sp³-hybridized carbons (Fsp3) is 0.143. The van der Waals surface area contributed by atoms with Crippen molar-refractivity contribution in [2.75, 3.05) is 36.5 Å². The van der Waals surface area contributed by atoms with Gasteiger partial charge in [0, 0.05) is 63.4 Å². The predicted molar refractivity (Wildman–Crippen MR) is 148 cm³/mol. The molecule has 3 heterocycles. The van der Waals surface area contributed by atoms with Crippen molar-refractivity contribution >= 4 is 51.4 Å². The Morgan fingerprint density at radius 1 is 0.861 bits per heavy atom. The van der Waals surface area contributed by atoms with Gasteiger partial charge in [0.05, 0.1) is 18.9 Å². The number of ether oxygens (including phenoxy) is 1. The van der Waals surface area contributed by atoms with Gasteiger partial charge in [0.25, 0.3) is 0 Å². The second-order valence-electron chi connectivity index (χ2n) is 8.66. The average Bonchev–Trinajstić information content (AvgIpc) is 3.33. The van der Waals surface area contributed by atoms with Gasteiger partial charge in [-0.15, -0.1) is 0 Å². The molecule has 180 valence electrons. The van der Waals surface area contributed by atoms with Crippen LogP contribution < -0.4 is 10.2 Å². The number of benzene rings is 3. The van der Waals surface area contributed by atoms with Crippen molar-refractivity contribution in [2.45, 2.75) is 0 Å². The molecule has 0 atom stereocenters. The first-order chi connectivity index (χ1) is 17.6. The molecule has 0 bridgehead atoms. The zero-order valence-corrected chi connectivity index (χ0v) is 20.9. The van der Waals surface area contributed by atoms with E-state index >= 15 is 0 Å². The molecule has 5 aromatic rings. The SMILES string of the molecule is Clc1cc(Cl)cc(-c2ccc3[nH]cc(-c4ccnc(Nc5ccc(N6CCOCC6)cc5)n4)c3c2)c1. The summed E-state index contributed by atoms with van der Waals surface area (Å²) in [5.74, 6) is 0.541. The van der Waals surface area contributed by atoms with E-state index in [1.165, 1.54) is 5.69 Å². The van der Waals surface area contributed by atoms with Gasteiger partial charge in [-0.2, -0.15) is 0 Å². The first kappa shape index (κ1) is 22.9. The van der Waals surface area contributed by atoms with Crippen molar-refractivity contribution in [1.29, 1.82) is 0 Å². The molecule has 6 rings (SSSR count). The van der Waals surface area contributed by atoms with Crippen LogP contribution in [0.3, 0.4) is 0 Å². The van der Waals surface area contributed by atoms with Crippen LogP contribution in [0.25, 0.3) is 33.3 Å². The van der Waals surface area contributed by atoms with E-state index in [1.807, 2.05) is 24.4 Å². The summed E-state index contributed by atoms with van der Waals surface area (Å²) in [7, 11) is 0. The van der Waals surface area contributed by atoms with Crippen LogP contribution in [-0.2, 0) is 4.74 Å². The molecule has 1 aliphatic heterocycles. The Kier molecular flexibility index (Phi) is 6.23. The number of rotatable bonds is 5. The molecular weight excluding hydrogens is 493 g/mol. The molecule has 6 nitrogen and oxygen atoms in total. The van der Waals surface area contributed by atoms with E-state index in [4.69, 9.17) is 32.9 Å². The van der Waals surface area contributed by atoms with E-state index in [1.54, 1.807) is 12.3 Å². The normalized spacial score (nSPS) is 13.8. The monoisotopic (exact) mass is 515 g/mol. The zero-order valence-electron chi connectivity index (χ0n) is 19.3. The van der Waals surface area contributed by atoms with Gasteiger partial charge in [-0.1, -0.05) is 29.3 Å². The third kappa shape index (κ3) is 4.75. The van der Waals surface area contributed by atoms with Crippen molar-refractivity contribution < 1.29 is 4.74 Å². The van der Waals surface area contributed by atoms with Crippen LogP contribution in [0.15, 0.2) is 79.1 Å². The minimum atomic E-state index is 0.541. The van der Waals surface area contributed by atoms with Gasteiger partial charge >= 0.3 is 0 Å². The Hall–Kier alpha value is -3.58. The van der Waals surface area contributed by atoms with Crippen molar-refractivity contribution in [2.24, 2.45) is 0 Å². The Morgan fingerprint density at radius 3 is 2.42 bits per heavy atom. The van der Waals surface area contributed by atoms with Gasteiger partial charge in [0.15, 0.2) is 0 Å². The molecule has 0 spiro atoms. The number of nitrogens with zero attached hydrogens (tertiary/aromatic N) is 3. The summed E-state index contributed by atoms with van der Waals surface area (Å²) in [4.78, 5) is 14.9. The third-order valence-corrected chi connectivity index (χ3v) is 6.75. The summed E-state index contributed by atoms with van der Waals surface area (Å²) >= 11 is 12.5. The molecular formula is C28H23Cl2N5O. The lowest BCUT2D eigenvalue weighted by molar-refractivity contribution is 0.122. The first-order valence-corrected chi connectivity index (χ1v) is 12.5. The maximum absolute atomic E-state index is 6.23. The highest BCUT2D eigenvalue weighted by Gasteiger charge is 2.13. The van der Waals surface area contributed by atoms with Crippen LogP contribution in [0.4, 0.5) is 17.3 Å². The number of nitrogens with one attached hydrogen (secondary N) is 2. The Labute approximate surface area is 218 Å². The number of anilines is 3. The summed E-state index contributed by atoms with van der Waals surface area (Å²) in [5, 5.41) is 5.60. The largest absolute Gasteiger partial charge is 0.378 e. The predicted octanol–water partition coefficient (Wildman–Crippen LogP) is 7.18. The lowest BCUT2D eigenvalue weighted by Gasteiger charge is -2.28. The smallest absolute Gasteiger partial charge is 0.227 e. The molecule has 0 unspecified atom stereocenters. The van der Waals surface area contributed by atoms with E-state index in [9.17, 15) is 0 Å². The molecule has 0 saturated carbocycles. The van der Waals surface area contributed by atoms with E-state index in [0.29, 0.717) is 16.0 Å². The van der Waals surface area contributed by atoms with Crippen LogP contribution >= 0.6 is 23.2 Å². The highest BCUT2D eigenvalue weighted by Crippen LogP contribution is 2.34. The number of hydrogen-bond acceptors (Lipinski definition) is 5. The second-order valence-corrected chi connectivity index (χ2v) is 9.53. The molecule has 3 aromatic carbocycles. The quantitative estimate of drug-likeness (QED) is 0.259. The van der Waals surface area contributed by atoms with Gasteiger partial charge in [-0.05, 0) is 71.8 Å². The fourth-order valence-corrected chi connectivity index (χ4v) is 5.03. The molecule has 0 amide bonds. The Balaban J connectivity index is 1.27. The number of halogens is 2. The van der Waals surface area contributed by atoms with Gasteiger partial charge in [-0.25, -0.2) is 9.97 Å². The first-order valence-electron chi connectivity index (χ1n) is 11.7. The van der Waals surface area contributed by atoms with Crippen molar-refractivity contribution in [3.8, 4) is 22.4 Å². The summed E-state index contributed by atoms with van der Waals surface area (Å²) in [6.45, 7) is 3.36. The Morgan fingerprint density at radius 2 is 1.64 bits per heavy atom. The van der Waals surface area contributed by atoms with Crippen LogP contribution in [-0.4, -0.2) is 41.3 Å². The van der Waals surface area contributed by atoms with Gasteiger partial charge in [-0.3, -0.25) is 0 Å². The summed E-state index contributed by atoms with van der Waals surface area (Å²) in [5.41, 5.74) is 6.96. The highest BCUT2D eigenvalue weighted by atomic mass is 35.5. The summed E-state index contributed by atoms with van der Waals surface area (Å²) < 4.78 is 5.45. The molecule has 8 heteroatoms. The van der Waals surface area contributed by atoms with Crippen LogP contribution in [0.2, 0.25) is 10.0 Å². The molecule has 1 saturated heterocycles. The van der Waals surface area contributed by atoms with Crippen molar-refractivity contribution in [3.05, 3.63) is 89.2 Å². The number of morpholine rings is 1. The molecule has 1 aliphatic rings. The van der Waals surface area contributed by atoms with Crippen molar-refractivity contribution in [1.82, 2.24) is 15.0 Å². The zero-order chi connectivity index (χ0) is 24.5. The Bertz CT molecular complexity index is 1510. The molecule has 1 fully saturated rings. The molecule has 36 heavy (non-hydrogen) atoms. The molecule has 2 aromatic heterocycles. The van der Waals surface area contributed by atoms with E-state index in [2.05, 4.69) is 62.6 Å². The highest BCUT2D eigenvalue weighted by molar-refractivity contribution is 6.35. The molecule has 0 aliphatic carbocycles. The van der Waals surface area contributed by atoms with E-state index < -0.39 is 0 Å². The van der Waals surface area contributed by atoms with Gasteiger partial charge in [0.2, 0.25) is 5.95 Å². The van der Waals surface area contributed by atoms with Crippen LogP contribution in [0, 0.1) is 0 Å². The average molecular weight is 516 g/mol. The topological polar surface area (TPSA) is 66.1 Å². The van der Waals surface area contributed by atoms with Crippen molar-refractivity contribution in [3.63, 3.8) is 0 Å². The van der Waals surface area contributed by atoms with Crippen LogP contribution in [0.5, 0.6) is 0 Å². The van der Waals surface area contributed by atoms with Crippen LogP contribution in [0.1, 0.15) is 0 Å². The number of hydrogen-bond donors (Lipinski definition) is 2. The number of aromatic nitrogens is 3. The number of H-pyrrole nitrogens is 1. The van der Waals surface area contributed by atoms with E-state index in [0.717, 1.165) is 65.3 Å². The molecule has 0 radical (unpaired) electrons. The lowest BCUT2D eigenvalue weighted by atomic mass is 10.0. The molecule has 2 N–H and O–H groups in total. The second kappa shape index (κ2) is 9.82. The lowest BCUT2D eigenvalue weighted by Crippen LogP contribution is -2.36.